The molecule has 7 nitrogen and oxygen atoms in total. The number of rotatable bonds is 4. The first-order chi connectivity index (χ1) is 14.6. The fourth-order valence-corrected chi connectivity index (χ4v) is 5.46. The highest BCUT2D eigenvalue weighted by atomic mass is 16.2. The van der Waals surface area contributed by atoms with Gasteiger partial charge < -0.3 is 14.8 Å². The van der Waals surface area contributed by atoms with Gasteiger partial charge in [-0.3, -0.25) is 14.4 Å². The Balaban J connectivity index is 1.30. The predicted molar refractivity (Wildman–Crippen MR) is 112 cm³/mol. The first kappa shape index (κ1) is 19.8. The summed E-state index contributed by atoms with van der Waals surface area (Å²) in [6.45, 7) is 1.74. The third kappa shape index (κ3) is 3.91. The van der Waals surface area contributed by atoms with Crippen LogP contribution in [0.5, 0.6) is 0 Å². The third-order valence-corrected chi connectivity index (χ3v) is 7.41. The van der Waals surface area contributed by atoms with Gasteiger partial charge in [-0.1, -0.05) is 19.3 Å². The molecule has 1 saturated heterocycles. The van der Waals surface area contributed by atoms with Crippen molar-refractivity contribution in [3.8, 4) is 0 Å². The van der Waals surface area contributed by atoms with E-state index in [0.29, 0.717) is 43.2 Å². The summed E-state index contributed by atoms with van der Waals surface area (Å²) in [5, 5.41) is 0. The summed E-state index contributed by atoms with van der Waals surface area (Å²) in [4.78, 5) is 49.8. The van der Waals surface area contributed by atoms with E-state index in [1.165, 1.54) is 19.3 Å². The average Bonchev–Trinajstić information content (AvgIpc) is 3.50. The maximum atomic E-state index is 12.9. The zero-order valence-corrected chi connectivity index (χ0v) is 17.7. The lowest BCUT2D eigenvalue weighted by molar-refractivity contribution is -0.134. The van der Waals surface area contributed by atoms with Crippen LogP contribution in [0.4, 0.5) is 0 Å². The van der Waals surface area contributed by atoms with Gasteiger partial charge in [0, 0.05) is 31.8 Å². The van der Waals surface area contributed by atoms with E-state index in [4.69, 9.17) is 4.98 Å². The van der Waals surface area contributed by atoms with Crippen molar-refractivity contribution in [1.82, 2.24) is 19.8 Å². The van der Waals surface area contributed by atoms with E-state index in [1.807, 2.05) is 9.80 Å². The molecule has 1 aromatic heterocycles. The van der Waals surface area contributed by atoms with Gasteiger partial charge in [0.15, 0.2) is 0 Å². The highest BCUT2D eigenvalue weighted by Gasteiger charge is 2.40. The lowest BCUT2D eigenvalue weighted by Crippen LogP contribution is -2.41. The molecule has 2 aliphatic heterocycles. The minimum Gasteiger partial charge on any atom is -0.338 e. The topological polar surface area (TPSA) is 86.4 Å². The van der Waals surface area contributed by atoms with Crippen molar-refractivity contribution in [3.05, 3.63) is 27.4 Å². The summed E-state index contributed by atoms with van der Waals surface area (Å²) in [5.41, 5.74) is 1.29. The molecule has 0 bridgehead atoms. The number of hydrogen-bond acceptors (Lipinski definition) is 4. The molecule has 0 unspecified atom stereocenters. The van der Waals surface area contributed by atoms with Crippen LogP contribution in [0, 0.1) is 11.8 Å². The molecule has 0 spiro atoms. The number of carbonyl (C=O) groups is 2. The Hall–Kier alpha value is -2.18. The van der Waals surface area contributed by atoms with E-state index in [1.54, 1.807) is 0 Å². The zero-order valence-electron chi connectivity index (χ0n) is 17.7. The number of fused-ring (bicyclic) bond motifs is 1. The average molecular weight is 413 g/mol. The number of carbonyl (C=O) groups excluding carboxylic acids is 2. The monoisotopic (exact) mass is 412 g/mol. The van der Waals surface area contributed by atoms with E-state index in [9.17, 15) is 14.4 Å². The second-order valence-corrected chi connectivity index (χ2v) is 9.61. The second kappa shape index (κ2) is 8.16. The Morgan fingerprint density at radius 3 is 2.57 bits per heavy atom. The van der Waals surface area contributed by atoms with E-state index in [0.717, 1.165) is 50.8 Å². The van der Waals surface area contributed by atoms with Gasteiger partial charge in [0.05, 0.1) is 23.8 Å². The Morgan fingerprint density at radius 1 is 1.00 bits per heavy atom. The van der Waals surface area contributed by atoms with E-state index >= 15 is 0 Å². The van der Waals surface area contributed by atoms with Crippen LogP contribution in [-0.4, -0.2) is 44.7 Å². The first-order valence-electron chi connectivity index (χ1n) is 11.8. The number of aromatic amines is 1. The molecule has 30 heavy (non-hydrogen) atoms. The van der Waals surface area contributed by atoms with Gasteiger partial charge in [-0.2, -0.15) is 0 Å². The van der Waals surface area contributed by atoms with Gasteiger partial charge in [-0.05, 0) is 44.4 Å². The molecule has 2 amide bonds. The number of hydrogen-bond donors (Lipinski definition) is 1. The largest absolute Gasteiger partial charge is 0.338 e. The maximum Gasteiger partial charge on any atom is 0.256 e. The molecule has 1 atom stereocenters. The van der Waals surface area contributed by atoms with E-state index < -0.39 is 0 Å². The summed E-state index contributed by atoms with van der Waals surface area (Å²) < 4.78 is 0. The molecule has 2 aliphatic carbocycles. The lowest BCUT2D eigenvalue weighted by Gasteiger charge is -2.31. The fraction of sp³-hybridized carbons (Fsp3) is 0.739. The number of nitrogens with zero attached hydrogens (tertiary/aromatic N) is 3. The minimum absolute atomic E-state index is 0.109. The van der Waals surface area contributed by atoms with Crippen molar-refractivity contribution in [2.45, 2.75) is 83.2 Å². The van der Waals surface area contributed by atoms with Crippen molar-refractivity contribution in [2.24, 2.45) is 11.8 Å². The zero-order chi connectivity index (χ0) is 20.7. The van der Waals surface area contributed by atoms with E-state index in [-0.39, 0.29) is 29.3 Å². The van der Waals surface area contributed by atoms with Crippen LogP contribution >= 0.6 is 0 Å². The summed E-state index contributed by atoms with van der Waals surface area (Å²) >= 11 is 0. The summed E-state index contributed by atoms with van der Waals surface area (Å²) in [6.07, 6.45) is 11.1. The standard InChI is InChI=1S/C23H32N4O3/c28-20(13-15-5-2-1-3-6-15)26-12-10-18-17(14-26)22(29)25-21(24-18)19-7-4-11-27(19)23(30)16-8-9-16/h15-16,19H,1-14H2,(H,24,25,29)/t19-/m0/s1. The van der Waals surface area contributed by atoms with Gasteiger partial charge >= 0.3 is 0 Å². The van der Waals surface area contributed by atoms with Gasteiger partial charge in [-0.15, -0.1) is 0 Å². The predicted octanol–water partition coefficient (Wildman–Crippen LogP) is 2.70. The van der Waals surface area contributed by atoms with Crippen molar-refractivity contribution >= 4 is 11.8 Å². The SMILES string of the molecule is O=C(CC1CCCCC1)N1CCc2nc([C@@H]3CCCN3C(=O)C3CC3)[nH]c(=O)c2C1. The van der Waals surface area contributed by atoms with Gasteiger partial charge in [0.2, 0.25) is 11.8 Å². The van der Waals surface area contributed by atoms with Gasteiger partial charge in [0.25, 0.3) is 5.56 Å². The molecule has 0 aromatic carbocycles. The Kier molecular flexibility index (Phi) is 5.37. The third-order valence-electron chi connectivity index (χ3n) is 7.41. The van der Waals surface area contributed by atoms with Gasteiger partial charge in [0.1, 0.15) is 5.82 Å². The number of nitrogens with one attached hydrogen (secondary N) is 1. The normalized spacial score (nSPS) is 24.7. The molecule has 3 fully saturated rings. The highest BCUT2D eigenvalue weighted by molar-refractivity contribution is 5.81. The number of likely N-dealkylation sites (tertiary alicyclic amines) is 1. The fourth-order valence-electron chi connectivity index (χ4n) is 5.46. The lowest BCUT2D eigenvalue weighted by atomic mass is 9.86. The number of amides is 2. The quantitative estimate of drug-likeness (QED) is 0.824. The Morgan fingerprint density at radius 2 is 1.80 bits per heavy atom. The van der Waals surface area contributed by atoms with Crippen LogP contribution in [0.3, 0.4) is 0 Å². The molecular weight excluding hydrogens is 380 g/mol. The number of aromatic nitrogens is 2. The van der Waals surface area contributed by atoms with Crippen LogP contribution in [0.1, 0.15) is 87.3 Å². The minimum atomic E-state index is -0.143. The smallest absolute Gasteiger partial charge is 0.256 e. The van der Waals surface area contributed by atoms with Crippen LogP contribution in [0.15, 0.2) is 4.79 Å². The maximum absolute atomic E-state index is 12.9. The molecule has 0 radical (unpaired) electrons. The van der Waals surface area contributed by atoms with Crippen LogP contribution in [0.2, 0.25) is 0 Å². The summed E-state index contributed by atoms with van der Waals surface area (Å²) in [5.74, 6) is 1.71. The molecule has 4 aliphatic rings. The molecule has 7 heteroatoms. The second-order valence-electron chi connectivity index (χ2n) is 9.61. The molecule has 162 valence electrons. The first-order valence-corrected chi connectivity index (χ1v) is 11.8. The molecule has 2 saturated carbocycles. The molecule has 3 heterocycles. The van der Waals surface area contributed by atoms with Crippen LogP contribution in [0.25, 0.3) is 0 Å². The van der Waals surface area contributed by atoms with Crippen molar-refractivity contribution in [1.29, 1.82) is 0 Å². The molecular formula is C23H32N4O3. The summed E-state index contributed by atoms with van der Waals surface area (Å²) in [6, 6.07) is -0.109. The molecule has 1 aromatic rings. The van der Waals surface area contributed by atoms with Crippen LogP contribution in [-0.2, 0) is 22.6 Å². The summed E-state index contributed by atoms with van der Waals surface area (Å²) in [7, 11) is 0. The van der Waals surface area contributed by atoms with Gasteiger partial charge in [-0.25, -0.2) is 4.98 Å². The number of H-pyrrole nitrogens is 1. The molecule has 1 N–H and O–H groups in total. The van der Waals surface area contributed by atoms with E-state index in [2.05, 4.69) is 4.98 Å². The highest BCUT2D eigenvalue weighted by Crippen LogP contribution is 2.38. The van der Waals surface area contributed by atoms with Crippen molar-refractivity contribution in [3.63, 3.8) is 0 Å². The molecule has 5 rings (SSSR count). The van der Waals surface area contributed by atoms with Crippen LogP contribution < -0.4 is 5.56 Å². The van der Waals surface area contributed by atoms with Crippen molar-refractivity contribution < 1.29 is 9.59 Å². The Labute approximate surface area is 177 Å². The van der Waals surface area contributed by atoms with Crippen molar-refractivity contribution in [2.75, 3.05) is 13.1 Å². The Bertz CT molecular complexity index is 885.